The molecule has 3 atom stereocenters. The Kier molecular flexibility index (Phi) is 5.85. The molecule has 2 aliphatic heterocycles. The van der Waals surface area contributed by atoms with E-state index in [1.54, 1.807) is 0 Å². The highest BCUT2D eigenvalue weighted by Gasteiger charge is 2.36. The first kappa shape index (κ1) is 16.1. The third-order valence-electron chi connectivity index (χ3n) is 4.62. The van der Waals surface area contributed by atoms with Crippen molar-refractivity contribution in [1.29, 1.82) is 0 Å². The number of nitrogens with one attached hydrogen (secondary N) is 2. The molecule has 0 saturated carbocycles. The number of carboxylic acids is 1. The molecule has 6 nitrogen and oxygen atoms in total. The molecule has 0 aromatic rings. The van der Waals surface area contributed by atoms with Crippen molar-refractivity contribution in [1.82, 2.24) is 15.5 Å². The topological polar surface area (TPSA) is 81.7 Å². The molecule has 0 aromatic carbocycles. The van der Waals surface area contributed by atoms with Crippen molar-refractivity contribution in [3.8, 4) is 0 Å². The van der Waals surface area contributed by atoms with Gasteiger partial charge in [0.2, 0.25) is 0 Å². The zero-order valence-electron chi connectivity index (χ0n) is 12.8. The van der Waals surface area contributed by atoms with Gasteiger partial charge in [0.1, 0.15) is 6.04 Å². The van der Waals surface area contributed by atoms with Crippen molar-refractivity contribution in [2.45, 2.75) is 70.0 Å². The largest absolute Gasteiger partial charge is 0.480 e. The predicted molar refractivity (Wildman–Crippen MR) is 80.2 cm³/mol. The van der Waals surface area contributed by atoms with Crippen LogP contribution < -0.4 is 10.6 Å². The van der Waals surface area contributed by atoms with Gasteiger partial charge in [-0.3, -0.25) is 4.90 Å². The average Bonchev–Trinajstić information content (AvgIpc) is 2.86. The first-order valence-corrected chi connectivity index (χ1v) is 8.15. The van der Waals surface area contributed by atoms with Crippen LogP contribution in [0, 0.1) is 0 Å². The Morgan fingerprint density at radius 2 is 2.10 bits per heavy atom. The minimum atomic E-state index is -0.954. The second kappa shape index (κ2) is 7.64. The summed E-state index contributed by atoms with van der Waals surface area (Å²) in [7, 11) is 0. The van der Waals surface area contributed by atoms with Crippen molar-refractivity contribution in [2.75, 3.05) is 13.1 Å². The lowest BCUT2D eigenvalue weighted by Gasteiger charge is -2.32. The fourth-order valence-electron chi connectivity index (χ4n) is 3.45. The van der Waals surface area contributed by atoms with Crippen LogP contribution >= 0.6 is 0 Å². The Labute approximate surface area is 126 Å². The molecule has 2 fully saturated rings. The molecule has 0 spiro atoms. The van der Waals surface area contributed by atoms with Crippen LogP contribution in [0.15, 0.2) is 0 Å². The van der Waals surface area contributed by atoms with E-state index < -0.39 is 12.0 Å². The van der Waals surface area contributed by atoms with Crippen LogP contribution in [0.2, 0.25) is 0 Å². The number of hydrogen-bond acceptors (Lipinski definition) is 3. The molecule has 21 heavy (non-hydrogen) atoms. The minimum Gasteiger partial charge on any atom is -0.480 e. The number of hydrogen-bond donors (Lipinski definition) is 3. The van der Waals surface area contributed by atoms with Crippen LogP contribution in [0.3, 0.4) is 0 Å². The van der Waals surface area contributed by atoms with Gasteiger partial charge in [0.15, 0.2) is 0 Å². The van der Waals surface area contributed by atoms with Gasteiger partial charge in [-0.1, -0.05) is 26.2 Å². The maximum absolute atomic E-state index is 12.0. The second-order valence-electron chi connectivity index (χ2n) is 6.15. The van der Waals surface area contributed by atoms with Gasteiger partial charge in [-0.2, -0.15) is 0 Å². The third kappa shape index (κ3) is 4.33. The second-order valence-corrected chi connectivity index (χ2v) is 6.15. The summed E-state index contributed by atoms with van der Waals surface area (Å²) in [6.07, 6.45) is 6.76. The molecule has 2 unspecified atom stereocenters. The van der Waals surface area contributed by atoms with E-state index in [4.69, 9.17) is 5.11 Å². The number of amides is 2. The quantitative estimate of drug-likeness (QED) is 0.695. The lowest BCUT2D eigenvalue weighted by molar-refractivity contribution is -0.139. The highest BCUT2D eigenvalue weighted by Crippen LogP contribution is 2.27. The first-order chi connectivity index (χ1) is 10.1. The summed E-state index contributed by atoms with van der Waals surface area (Å²) in [6, 6.07) is -0.529. The molecule has 3 N–H and O–H groups in total. The maximum Gasteiger partial charge on any atom is 0.326 e. The number of carboxylic acid groups (broad SMARTS) is 1. The van der Waals surface area contributed by atoms with Gasteiger partial charge in [-0.15, -0.1) is 0 Å². The zero-order chi connectivity index (χ0) is 15.2. The van der Waals surface area contributed by atoms with Gasteiger partial charge in [0, 0.05) is 18.6 Å². The van der Waals surface area contributed by atoms with Gasteiger partial charge in [0.05, 0.1) is 0 Å². The molecule has 2 amide bonds. The van der Waals surface area contributed by atoms with E-state index in [0.717, 1.165) is 38.8 Å². The van der Waals surface area contributed by atoms with E-state index in [1.807, 2.05) is 6.92 Å². The van der Waals surface area contributed by atoms with Gasteiger partial charge in [0.25, 0.3) is 0 Å². The summed E-state index contributed by atoms with van der Waals surface area (Å²) < 4.78 is 0. The van der Waals surface area contributed by atoms with E-state index in [2.05, 4.69) is 15.5 Å². The maximum atomic E-state index is 12.0. The number of rotatable bonds is 6. The monoisotopic (exact) mass is 297 g/mol. The molecule has 6 heteroatoms. The van der Waals surface area contributed by atoms with Crippen molar-refractivity contribution in [3.05, 3.63) is 0 Å². The summed E-state index contributed by atoms with van der Waals surface area (Å²) in [4.78, 5) is 25.6. The number of fused-ring (bicyclic) bond motifs is 1. The van der Waals surface area contributed by atoms with Crippen LogP contribution in [0.1, 0.15) is 51.9 Å². The molecule has 2 aliphatic rings. The molecule has 2 saturated heterocycles. The van der Waals surface area contributed by atoms with Crippen molar-refractivity contribution >= 4 is 12.0 Å². The van der Waals surface area contributed by atoms with E-state index in [-0.39, 0.29) is 12.1 Å². The Morgan fingerprint density at radius 1 is 1.29 bits per heavy atom. The van der Waals surface area contributed by atoms with Gasteiger partial charge >= 0.3 is 12.0 Å². The Hall–Kier alpha value is -1.30. The fraction of sp³-hybridized carbons (Fsp3) is 0.867. The molecular formula is C15H27N3O3. The SMILES string of the molecule is CCCC[C@H](NC(=O)NC1CCN2CCCCC12)C(=O)O. The van der Waals surface area contributed by atoms with Crippen molar-refractivity contribution in [3.63, 3.8) is 0 Å². The number of unbranched alkanes of at least 4 members (excludes halogenated alkanes) is 1. The Balaban J connectivity index is 1.81. The molecule has 0 radical (unpaired) electrons. The number of nitrogens with zero attached hydrogens (tertiary/aromatic N) is 1. The molecule has 0 aliphatic carbocycles. The van der Waals surface area contributed by atoms with Crippen LogP contribution in [0.4, 0.5) is 4.79 Å². The molecule has 0 aromatic heterocycles. The van der Waals surface area contributed by atoms with Crippen LogP contribution in [-0.2, 0) is 4.79 Å². The number of piperidine rings is 1. The number of carbonyl (C=O) groups excluding carboxylic acids is 1. The number of carbonyl (C=O) groups is 2. The summed E-state index contributed by atoms with van der Waals surface area (Å²) in [5, 5.41) is 14.7. The summed E-state index contributed by atoms with van der Waals surface area (Å²) in [5.41, 5.74) is 0. The Morgan fingerprint density at radius 3 is 2.81 bits per heavy atom. The summed E-state index contributed by atoms with van der Waals surface area (Å²) >= 11 is 0. The van der Waals surface area contributed by atoms with Crippen LogP contribution in [0.25, 0.3) is 0 Å². The molecule has 0 bridgehead atoms. The molecular weight excluding hydrogens is 270 g/mol. The lowest BCUT2D eigenvalue weighted by Crippen LogP contribution is -2.52. The molecule has 120 valence electrons. The number of aliphatic carboxylic acids is 1. The predicted octanol–water partition coefficient (Wildman–Crippen LogP) is 1.56. The minimum absolute atomic E-state index is 0.158. The van der Waals surface area contributed by atoms with Crippen LogP contribution in [-0.4, -0.2) is 53.2 Å². The number of urea groups is 1. The van der Waals surface area contributed by atoms with Gasteiger partial charge in [-0.25, -0.2) is 9.59 Å². The lowest BCUT2D eigenvalue weighted by atomic mass is 9.99. The normalized spacial score (nSPS) is 26.9. The smallest absolute Gasteiger partial charge is 0.326 e. The molecule has 2 rings (SSSR count). The highest BCUT2D eigenvalue weighted by atomic mass is 16.4. The first-order valence-electron chi connectivity index (χ1n) is 8.15. The summed E-state index contributed by atoms with van der Waals surface area (Å²) in [5.74, 6) is -0.954. The summed E-state index contributed by atoms with van der Waals surface area (Å²) in [6.45, 7) is 4.17. The Bertz CT molecular complexity index is 375. The fourth-order valence-corrected chi connectivity index (χ4v) is 3.45. The highest BCUT2D eigenvalue weighted by molar-refractivity contribution is 5.82. The molecule has 2 heterocycles. The van der Waals surface area contributed by atoms with E-state index in [0.29, 0.717) is 12.5 Å². The van der Waals surface area contributed by atoms with E-state index >= 15 is 0 Å². The standard InChI is InChI=1S/C15H27N3O3/c1-2-3-6-12(14(19)20)17-15(21)16-11-8-10-18-9-5-4-7-13(11)18/h11-13H,2-10H2,1H3,(H,19,20)(H2,16,17,21)/t11?,12-,13?/m0/s1. The van der Waals surface area contributed by atoms with Crippen molar-refractivity contribution in [2.24, 2.45) is 0 Å². The van der Waals surface area contributed by atoms with Gasteiger partial charge in [-0.05, 0) is 32.2 Å². The van der Waals surface area contributed by atoms with E-state index in [1.165, 1.54) is 12.8 Å². The zero-order valence-corrected chi connectivity index (χ0v) is 12.8. The van der Waals surface area contributed by atoms with Crippen LogP contribution in [0.5, 0.6) is 0 Å². The van der Waals surface area contributed by atoms with Crippen molar-refractivity contribution < 1.29 is 14.7 Å². The average molecular weight is 297 g/mol. The van der Waals surface area contributed by atoms with E-state index in [9.17, 15) is 9.59 Å². The third-order valence-corrected chi connectivity index (χ3v) is 4.62. The van der Waals surface area contributed by atoms with Gasteiger partial charge < -0.3 is 15.7 Å².